The van der Waals surface area contributed by atoms with Crippen LogP contribution in [0.15, 0.2) is 30.3 Å². The van der Waals surface area contributed by atoms with E-state index in [-0.39, 0.29) is 0 Å². The van der Waals surface area contributed by atoms with E-state index < -0.39 is 0 Å². The summed E-state index contributed by atoms with van der Waals surface area (Å²) in [5.74, 6) is 0. The molecule has 1 rings (SSSR count). The molecular weight excluding hydrogens is 200 g/mol. The van der Waals surface area contributed by atoms with E-state index in [1.54, 1.807) is 0 Å². The first-order valence-corrected chi connectivity index (χ1v) is 4.90. The molecule has 1 aromatic carbocycles. The number of anilines is 1. The van der Waals surface area contributed by atoms with Crippen LogP contribution >= 0.6 is 24.8 Å². The maximum atomic E-state index is 4.75. The molecule has 0 radical (unpaired) electrons. The molecule has 0 bridgehead atoms. The number of hydrogen-bond donors (Lipinski definition) is 3. The van der Waals surface area contributed by atoms with Crippen LogP contribution in [0.3, 0.4) is 0 Å². The second-order valence-electron chi connectivity index (χ2n) is 2.52. The molecular formula is C9H12N2S2. The maximum absolute atomic E-state index is 4.75. The van der Waals surface area contributed by atoms with Crippen molar-refractivity contribution >= 4 is 34.9 Å². The topological polar surface area (TPSA) is 24.1 Å². The minimum absolute atomic E-state index is 0.537. The maximum Gasteiger partial charge on any atom is 0.130 e. The van der Waals surface area contributed by atoms with E-state index in [1.807, 2.05) is 30.3 Å². The van der Waals surface area contributed by atoms with Crippen LogP contribution in [0, 0.1) is 0 Å². The standard InChI is InChI=1S/C9H12N2S2/c12-9(13)11-7-6-10-8-4-2-1-3-5-8/h1-5,10H,6-7H2,(H2,11,12,13). The summed E-state index contributed by atoms with van der Waals surface area (Å²) in [6.45, 7) is 1.63. The number of hydrogen-bond acceptors (Lipinski definition) is 2. The van der Waals surface area contributed by atoms with Crippen molar-refractivity contribution in [2.45, 2.75) is 0 Å². The number of para-hydroxylation sites is 1. The summed E-state index contributed by atoms with van der Waals surface area (Å²) in [5.41, 5.74) is 1.12. The largest absolute Gasteiger partial charge is 0.383 e. The highest BCUT2D eigenvalue weighted by Gasteiger charge is 1.89. The van der Waals surface area contributed by atoms with Gasteiger partial charge in [0.2, 0.25) is 0 Å². The Balaban J connectivity index is 2.17. The summed E-state index contributed by atoms with van der Waals surface area (Å²) in [5, 5.41) is 6.19. The molecule has 2 nitrogen and oxygen atoms in total. The second kappa shape index (κ2) is 5.83. The van der Waals surface area contributed by atoms with Gasteiger partial charge in [0.15, 0.2) is 0 Å². The number of rotatable bonds is 4. The molecule has 4 heteroatoms. The molecule has 0 unspecified atom stereocenters. The van der Waals surface area contributed by atoms with Crippen LogP contribution < -0.4 is 10.6 Å². The van der Waals surface area contributed by atoms with Gasteiger partial charge in [-0.25, -0.2) is 0 Å². The van der Waals surface area contributed by atoms with Crippen LogP contribution in [0.2, 0.25) is 0 Å². The smallest absolute Gasteiger partial charge is 0.130 e. The molecule has 1 aromatic rings. The number of thiocarbonyl (C=S) groups is 1. The lowest BCUT2D eigenvalue weighted by molar-refractivity contribution is 0.927. The number of benzene rings is 1. The normalized spacial score (nSPS) is 9.31. The summed E-state index contributed by atoms with van der Waals surface area (Å²) < 4.78 is 0.537. The molecule has 0 amide bonds. The third-order valence-corrected chi connectivity index (χ3v) is 1.81. The lowest BCUT2D eigenvalue weighted by Crippen LogP contribution is -2.23. The van der Waals surface area contributed by atoms with Crippen molar-refractivity contribution in [1.29, 1.82) is 0 Å². The summed E-state index contributed by atoms with van der Waals surface area (Å²) in [6, 6.07) is 10.0. The van der Waals surface area contributed by atoms with Gasteiger partial charge in [-0.3, -0.25) is 0 Å². The van der Waals surface area contributed by atoms with Crippen molar-refractivity contribution < 1.29 is 0 Å². The SMILES string of the molecule is S=C(S)NCCNc1ccccc1. The van der Waals surface area contributed by atoms with Crippen LogP contribution in [0.4, 0.5) is 5.69 Å². The molecule has 13 heavy (non-hydrogen) atoms. The lowest BCUT2D eigenvalue weighted by Gasteiger charge is -2.06. The van der Waals surface area contributed by atoms with Crippen LogP contribution in [-0.4, -0.2) is 17.4 Å². The van der Waals surface area contributed by atoms with Gasteiger partial charge < -0.3 is 10.6 Å². The van der Waals surface area contributed by atoms with Gasteiger partial charge in [-0.15, -0.1) is 12.6 Å². The Morgan fingerprint density at radius 3 is 2.54 bits per heavy atom. The van der Waals surface area contributed by atoms with Crippen LogP contribution in [-0.2, 0) is 0 Å². The fraction of sp³-hybridized carbons (Fsp3) is 0.222. The molecule has 0 fully saturated rings. The van der Waals surface area contributed by atoms with E-state index in [1.165, 1.54) is 0 Å². The molecule has 0 saturated heterocycles. The first-order valence-electron chi connectivity index (χ1n) is 4.05. The fourth-order valence-corrected chi connectivity index (χ4v) is 1.15. The Kier molecular flexibility index (Phi) is 4.64. The number of nitrogens with one attached hydrogen (secondary N) is 2. The average molecular weight is 212 g/mol. The summed E-state index contributed by atoms with van der Waals surface area (Å²) >= 11 is 8.70. The molecule has 0 aliphatic heterocycles. The van der Waals surface area contributed by atoms with Crippen molar-refractivity contribution in [1.82, 2.24) is 5.32 Å². The van der Waals surface area contributed by atoms with Gasteiger partial charge in [-0.05, 0) is 12.1 Å². The zero-order valence-electron chi connectivity index (χ0n) is 7.16. The molecule has 0 heterocycles. The Hall–Kier alpha value is -0.740. The van der Waals surface area contributed by atoms with E-state index in [4.69, 9.17) is 12.2 Å². The van der Waals surface area contributed by atoms with Crippen LogP contribution in [0.1, 0.15) is 0 Å². The Morgan fingerprint density at radius 1 is 1.23 bits per heavy atom. The first-order chi connectivity index (χ1) is 6.29. The van der Waals surface area contributed by atoms with Gasteiger partial charge >= 0.3 is 0 Å². The lowest BCUT2D eigenvalue weighted by atomic mass is 10.3. The quantitative estimate of drug-likeness (QED) is 0.404. The van der Waals surface area contributed by atoms with Crippen LogP contribution in [0.25, 0.3) is 0 Å². The molecule has 70 valence electrons. The van der Waals surface area contributed by atoms with Crippen molar-refractivity contribution in [3.8, 4) is 0 Å². The molecule has 0 atom stereocenters. The van der Waals surface area contributed by atoms with E-state index >= 15 is 0 Å². The average Bonchev–Trinajstić information content (AvgIpc) is 2.14. The van der Waals surface area contributed by atoms with Gasteiger partial charge in [-0.1, -0.05) is 30.4 Å². The van der Waals surface area contributed by atoms with Crippen molar-refractivity contribution in [3.63, 3.8) is 0 Å². The Bertz CT molecular complexity index is 262. The molecule has 0 aliphatic rings. The third-order valence-electron chi connectivity index (χ3n) is 1.50. The van der Waals surface area contributed by atoms with Gasteiger partial charge in [0, 0.05) is 18.8 Å². The first kappa shape index (κ1) is 10.3. The second-order valence-corrected chi connectivity index (χ2v) is 3.68. The third kappa shape index (κ3) is 4.75. The van der Waals surface area contributed by atoms with E-state index in [2.05, 4.69) is 23.3 Å². The van der Waals surface area contributed by atoms with E-state index in [9.17, 15) is 0 Å². The molecule has 0 spiro atoms. The minimum atomic E-state index is 0.537. The molecule has 0 aliphatic carbocycles. The summed E-state index contributed by atoms with van der Waals surface area (Å²) in [4.78, 5) is 0. The van der Waals surface area contributed by atoms with Crippen molar-refractivity contribution in [2.24, 2.45) is 0 Å². The fourth-order valence-electron chi connectivity index (χ4n) is 0.932. The van der Waals surface area contributed by atoms with Gasteiger partial charge in [0.1, 0.15) is 4.32 Å². The minimum Gasteiger partial charge on any atom is -0.383 e. The van der Waals surface area contributed by atoms with Gasteiger partial charge in [0.05, 0.1) is 0 Å². The highest BCUT2D eigenvalue weighted by molar-refractivity contribution is 8.11. The molecule has 0 saturated carbocycles. The summed E-state index contributed by atoms with van der Waals surface area (Å²) in [7, 11) is 0. The Morgan fingerprint density at radius 2 is 1.92 bits per heavy atom. The summed E-state index contributed by atoms with van der Waals surface area (Å²) in [6.07, 6.45) is 0. The zero-order valence-corrected chi connectivity index (χ0v) is 8.87. The van der Waals surface area contributed by atoms with Gasteiger partial charge in [-0.2, -0.15) is 0 Å². The highest BCUT2D eigenvalue weighted by atomic mass is 32.1. The van der Waals surface area contributed by atoms with E-state index in [0.29, 0.717) is 4.32 Å². The van der Waals surface area contributed by atoms with Crippen LogP contribution in [0.5, 0.6) is 0 Å². The van der Waals surface area contributed by atoms with Crippen molar-refractivity contribution in [2.75, 3.05) is 18.4 Å². The number of thiol groups is 1. The highest BCUT2D eigenvalue weighted by Crippen LogP contribution is 2.03. The van der Waals surface area contributed by atoms with Crippen molar-refractivity contribution in [3.05, 3.63) is 30.3 Å². The van der Waals surface area contributed by atoms with E-state index in [0.717, 1.165) is 18.8 Å². The Labute approximate surface area is 89.1 Å². The zero-order chi connectivity index (χ0) is 9.52. The molecule has 0 aromatic heterocycles. The predicted molar refractivity (Wildman–Crippen MR) is 64.5 cm³/mol. The van der Waals surface area contributed by atoms with Gasteiger partial charge in [0.25, 0.3) is 0 Å². The molecule has 2 N–H and O–H groups in total. The predicted octanol–water partition coefficient (Wildman–Crippen LogP) is 1.90. The monoisotopic (exact) mass is 212 g/mol.